The van der Waals surface area contributed by atoms with Gasteiger partial charge in [-0.3, -0.25) is 9.69 Å². The van der Waals surface area contributed by atoms with Crippen LogP contribution in [0.15, 0.2) is 47.1 Å². The summed E-state index contributed by atoms with van der Waals surface area (Å²) >= 11 is 0. The molecule has 0 spiro atoms. The van der Waals surface area contributed by atoms with E-state index < -0.39 is 17.6 Å². The van der Waals surface area contributed by atoms with E-state index in [0.717, 1.165) is 43.8 Å². The van der Waals surface area contributed by atoms with E-state index in [4.69, 9.17) is 9.15 Å². The lowest BCUT2D eigenvalue weighted by Crippen LogP contribution is -2.38. The summed E-state index contributed by atoms with van der Waals surface area (Å²) in [5.41, 5.74) is -0.813. The number of nitrogens with one attached hydrogen (secondary N) is 1. The summed E-state index contributed by atoms with van der Waals surface area (Å²) in [6, 6.07) is 8.07. The van der Waals surface area contributed by atoms with Crippen molar-refractivity contribution in [1.82, 2.24) is 10.2 Å². The molecule has 1 fully saturated rings. The second-order valence-electron chi connectivity index (χ2n) is 6.39. The standard InChI is InChI=1S/C19H21F3N2O3/c20-19(21,22)14-5-3-6-15(11-14)27-13-18(25)23-12-16(17-7-4-10-26-17)24-8-1-2-9-24/h3-7,10-11,16H,1-2,8-9,12-13H2,(H,23,25)/t16-/m0/s1. The molecule has 1 atom stereocenters. The Kier molecular flexibility index (Phi) is 6.05. The lowest BCUT2D eigenvalue weighted by Gasteiger charge is -2.26. The molecule has 3 rings (SSSR count). The molecule has 0 bridgehead atoms. The van der Waals surface area contributed by atoms with Crippen molar-refractivity contribution < 1.29 is 27.1 Å². The van der Waals surface area contributed by atoms with Crippen molar-refractivity contribution in [3.05, 3.63) is 54.0 Å². The number of furan rings is 1. The number of ether oxygens (including phenoxy) is 1. The maximum absolute atomic E-state index is 12.7. The van der Waals surface area contributed by atoms with Gasteiger partial charge in [-0.2, -0.15) is 13.2 Å². The molecule has 146 valence electrons. The molecule has 1 amide bonds. The fraction of sp³-hybridized carbons (Fsp3) is 0.421. The molecular formula is C19H21F3N2O3. The van der Waals surface area contributed by atoms with E-state index in [2.05, 4.69) is 10.2 Å². The molecule has 1 aromatic carbocycles. The van der Waals surface area contributed by atoms with Crippen LogP contribution in [0.25, 0.3) is 0 Å². The number of carbonyl (C=O) groups excluding carboxylic acids is 1. The largest absolute Gasteiger partial charge is 0.484 e. The molecule has 5 nitrogen and oxygen atoms in total. The van der Waals surface area contributed by atoms with Gasteiger partial charge in [0.2, 0.25) is 0 Å². The number of benzene rings is 1. The first-order valence-corrected chi connectivity index (χ1v) is 8.78. The topological polar surface area (TPSA) is 54.7 Å². The van der Waals surface area contributed by atoms with Crippen LogP contribution in [-0.2, 0) is 11.0 Å². The first kappa shape index (κ1) is 19.3. The van der Waals surface area contributed by atoms with E-state index in [1.54, 1.807) is 12.3 Å². The minimum absolute atomic E-state index is 0.00195. The van der Waals surface area contributed by atoms with Crippen molar-refractivity contribution in [3.63, 3.8) is 0 Å². The van der Waals surface area contributed by atoms with E-state index in [0.29, 0.717) is 6.54 Å². The van der Waals surface area contributed by atoms with Gasteiger partial charge in [0.25, 0.3) is 5.91 Å². The van der Waals surface area contributed by atoms with Crippen molar-refractivity contribution >= 4 is 5.91 Å². The molecule has 0 unspecified atom stereocenters. The van der Waals surface area contributed by atoms with Gasteiger partial charge >= 0.3 is 6.18 Å². The van der Waals surface area contributed by atoms with Crippen LogP contribution in [-0.4, -0.2) is 37.0 Å². The van der Waals surface area contributed by atoms with Gasteiger partial charge < -0.3 is 14.5 Å². The predicted octanol–water partition coefficient (Wildman–Crippen LogP) is 3.63. The number of hydrogen-bond acceptors (Lipinski definition) is 4. The summed E-state index contributed by atoms with van der Waals surface area (Å²) in [4.78, 5) is 14.3. The monoisotopic (exact) mass is 382 g/mol. The second-order valence-corrected chi connectivity index (χ2v) is 6.39. The minimum atomic E-state index is -4.45. The van der Waals surface area contributed by atoms with Gasteiger partial charge in [-0.1, -0.05) is 6.07 Å². The summed E-state index contributed by atoms with van der Waals surface area (Å²) in [5, 5.41) is 2.78. The Balaban J connectivity index is 1.53. The Morgan fingerprint density at radius 3 is 2.67 bits per heavy atom. The lowest BCUT2D eigenvalue weighted by molar-refractivity contribution is -0.137. The van der Waals surface area contributed by atoms with E-state index in [9.17, 15) is 18.0 Å². The maximum Gasteiger partial charge on any atom is 0.416 e. The molecule has 0 aliphatic carbocycles. The average Bonchev–Trinajstić information content (AvgIpc) is 3.34. The van der Waals surface area contributed by atoms with Crippen molar-refractivity contribution in [2.24, 2.45) is 0 Å². The summed E-state index contributed by atoms with van der Waals surface area (Å²) < 4.78 is 48.8. The second kappa shape index (κ2) is 8.47. The molecule has 1 N–H and O–H groups in total. The normalized spacial score (nSPS) is 16.3. The first-order valence-electron chi connectivity index (χ1n) is 8.78. The van der Waals surface area contributed by atoms with Gasteiger partial charge in [0.1, 0.15) is 11.5 Å². The van der Waals surface area contributed by atoms with Crippen molar-refractivity contribution in [3.8, 4) is 5.75 Å². The Labute approximate surface area is 155 Å². The third kappa shape index (κ3) is 5.26. The lowest BCUT2D eigenvalue weighted by atomic mass is 10.2. The number of halogens is 3. The highest BCUT2D eigenvalue weighted by Crippen LogP contribution is 2.31. The quantitative estimate of drug-likeness (QED) is 0.795. The Hall–Kier alpha value is -2.48. The molecule has 1 aliphatic heterocycles. The fourth-order valence-electron chi connectivity index (χ4n) is 3.12. The molecule has 1 aromatic heterocycles. The smallest absolute Gasteiger partial charge is 0.416 e. The Morgan fingerprint density at radius 1 is 1.22 bits per heavy atom. The van der Waals surface area contributed by atoms with Crippen LogP contribution in [0.1, 0.15) is 30.2 Å². The first-order chi connectivity index (χ1) is 12.9. The van der Waals surface area contributed by atoms with Crippen LogP contribution >= 0.6 is 0 Å². The third-order valence-electron chi connectivity index (χ3n) is 4.48. The van der Waals surface area contributed by atoms with Crippen LogP contribution in [0.5, 0.6) is 5.75 Å². The van der Waals surface area contributed by atoms with E-state index in [1.807, 2.05) is 6.07 Å². The molecule has 2 aromatic rings. The third-order valence-corrected chi connectivity index (χ3v) is 4.48. The molecule has 0 saturated carbocycles. The minimum Gasteiger partial charge on any atom is -0.484 e. The van der Waals surface area contributed by atoms with Crippen LogP contribution in [0.4, 0.5) is 13.2 Å². The Bertz CT molecular complexity index is 741. The number of amides is 1. The predicted molar refractivity (Wildman–Crippen MR) is 92.2 cm³/mol. The van der Waals surface area contributed by atoms with Crippen LogP contribution < -0.4 is 10.1 Å². The molecule has 27 heavy (non-hydrogen) atoms. The van der Waals surface area contributed by atoms with Crippen molar-refractivity contribution in [1.29, 1.82) is 0 Å². The van der Waals surface area contributed by atoms with Crippen molar-refractivity contribution in [2.45, 2.75) is 25.1 Å². The van der Waals surface area contributed by atoms with Crippen molar-refractivity contribution in [2.75, 3.05) is 26.2 Å². The number of alkyl halides is 3. The van der Waals surface area contributed by atoms with E-state index in [-0.39, 0.29) is 18.4 Å². The summed E-state index contributed by atoms with van der Waals surface area (Å²) in [6.45, 7) is 1.86. The molecule has 0 radical (unpaired) electrons. The summed E-state index contributed by atoms with van der Waals surface area (Å²) in [6.07, 6.45) is -0.655. The summed E-state index contributed by atoms with van der Waals surface area (Å²) in [7, 11) is 0. The van der Waals surface area contributed by atoms with Crippen LogP contribution in [0.3, 0.4) is 0 Å². The van der Waals surface area contributed by atoms with Gasteiger partial charge in [-0.15, -0.1) is 0 Å². The maximum atomic E-state index is 12.7. The number of hydrogen-bond donors (Lipinski definition) is 1. The molecular weight excluding hydrogens is 361 g/mol. The number of rotatable bonds is 7. The molecule has 8 heteroatoms. The van der Waals surface area contributed by atoms with Gasteiger partial charge in [-0.05, 0) is 56.3 Å². The zero-order chi connectivity index (χ0) is 19.3. The highest BCUT2D eigenvalue weighted by atomic mass is 19.4. The molecule has 1 aliphatic rings. The molecule has 2 heterocycles. The van der Waals surface area contributed by atoms with Gasteiger partial charge in [0, 0.05) is 6.54 Å². The SMILES string of the molecule is O=C(COc1cccc(C(F)(F)F)c1)NC[C@@H](c1ccco1)N1CCCC1. The average molecular weight is 382 g/mol. The Morgan fingerprint density at radius 2 is 2.00 bits per heavy atom. The van der Waals surface area contributed by atoms with Gasteiger partial charge in [-0.25, -0.2) is 0 Å². The highest BCUT2D eigenvalue weighted by molar-refractivity contribution is 5.77. The zero-order valence-corrected chi connectivity index (χ0v) is 14.7. The van der Waals surface area contributed by atoms with Crippen LogP contribution in [0.2, 0.25) is 0 Å². The number of carbonyl (C=O) groups is 1. The van der Waals surface area contributed by atoms with Crippen LogP contribution in [0, 0.1) is 0 Å². The number of nitrogens with zero attached hydrogens (tertiary/aromatic N) is 1. The highest BCUT2D eigenvalue weighted by Gasteiger charge is 2.30. The summed E-state index contributed by atoms with van der Waals surface area (Å²) in [5.74, 6) is 0.376. The molecule has 1 saturated heterocycles. The number of likely N-dealkylation sites (tertiary alicyclic amines) is 1. The van der Waals surface area contributed by atoms with Gasteiger partial charge in [0.15, 0.2) is 6.61 Å². The van der Waals surface area contributed by atoms with E-state index in [1.165, 1.54) is 12.1 Å². The fourth-order valence-corrected chi connectivity index (χ4v) is 3.12. The zero-order valence-electron chi connectivity index (χ0n) is 14.7. The van der Waals surface area contributed by atoms with E-state index >= 15 is 0 Å². The van der Waals surface area contributed by atoms with Gasteiger partial charge in [0.05, 0.1) is 17.9 Å².